The third-order valence-corrected chi connectivity index (χ3v) is 5.92. The molecule has 150 valence electrons. The zero-order valence-electron chi connectivity index (χ0n) is 16.7. The van der Waals surface area contributed by atoms with Crippen molar-refractivity contribution in [1.29, 1.82) is 0 Å². The van der Waals surface area contributed by atoms with Gasteiger partial charge < -0.3 is 19.3 Å². The quantitative estimate of drug-likeness (QED) is 0.642. The number of rotatable bonds is 6. The average Bonchev–Trinajstić information content (AvgIpc) is 2.74. The van der Waals surface area contributed by atoms with Crippen LogP contribution in [-0.2, 0) is 6.54 Å². The maximum Gasteiger partial charge on any atom is 0.254 e. The molecule has 0 aliphatic carbocycles. The van der Waals surface area contributed by atoms with E-state index >= 15 is 0 Å². The van der Waals surface area contributed by atoms with Crippen LogP contribution in [0, 0.1) is 0 Å². The van der Waals surface area contributed by atoms with E-state index in [4.69, 9.17) is 9.47 Å². The minimum atomic E-state index is -0.0717. The third-order valence-electron chi connectivity index (χ3n) is 5.14. The van der Waals surface area contributed by atoms with E-state index in [1.807, 2.05) is 13.1 Å². The van der Waals surface area contributed by atoms with E-state index in [0.717, 1.165) is 18.7 Å². The Hall–Kier alpha value is -2.21. The van der Waals surface area contributed by atoms with Crippen LogP contribution >= 0.6 is 15.9 Å². The minimum Gasteiger partial charge on any atom is -0.495 e. The van der Waals surface area contributed by atoms with Crippen molar-refractivity contribution in [2.24, 2.45) is 0 Å². The fraction of sp³-hybridized carbons (Fsp3) is 0.409. The maximum absolute atomic E-state index is 13.1. The van der Waals surface area contributed by atoms with Crippen LogP contribution in [0.2, 0.25) is 0 Å². The van der Waals surface area contributed by atoms with Gasteiger partial charge in [0.1, 0.15) is 16.0 Å². The van der Waals surface area contributed by atoms with Crippen LogP contribution < -0.4 is 14.4 Å². The van der Waals surface area contributed by atoms with Gasteiger partial charge in [0.05, 0.1) is 14.2 Å². The first kappa shape index (κ1) is 20.5. The van der Waals surface area contributed by atoms with Gasteiger partial charge in [0, 0.05) is 37.9 Å². The van der Waals surface area contributed by atoms with E-state index in [0.29, 0.717) is 28.1 Å². The summed E-state index contributed by atoms with van der Waals surface area (Å²) in [6.07, 6.45) is 3.74. The molecule has 0 aromatic heterocycles. The lowest BCUT2D eigenvalue weighted by molar-refractivity contribution is 0.0784. The third kappa shape index (κ3) is 4.43. The predicted octanol–water partition coefficient (Wildman–Crippen LogP) is 4.73. The van der Waals surface area contributed by atoms with Gasteiger partial charge in [0.25, 0.3) is 5.91 Å². The van der Waals surface area contributed by atoms with E-state index in [1.165, 1.54) is 24.9 Å². The van der Waals surface area contributed by atoms with Crippen molar-refractivity contribution in [1.82, 2.24) is 4.90 Å². The summed E-state index contributed by atoms with van der Waals surface area (Å²) in [5.74, 6) is 1.08. The van der Waals surface area contributed by atoms with Crippen LogP contribution in [0.3, 0.4) is 0 Å². The number of carbonyl (C=O) groups is 1. The molecule has 0 atom stereocenters. The largest absolute Gasteiger partial charge is 0.495 e. The number of ether oxygens (including phenoxy) is 2. The molecule has 6 heteroatoms. The van der Waals surface area contributed by atoms with Gasteiger partial charge in [0.2, 0.25) is 0 Å². The zero-order valence-corrected chi connectivity index (χ0v) is 18.3. The number of halogens is 1. The first-order valence-corrected chi connectivity index (χ1v) is 10.3. The van der Waals surface area contributed by atoms with Crippen molar-refractivity contribution < 1.29 is 14.3 Å². The first-order chi connectivity index (χ1) is 13.5. The normalized spacial score (nSPS) is 13.9. The second-order valence-corrected chi connectivity index (χ2v) is 7.83. The lowest BCUT2D eigenvalue weighted by Crippen LogP contribution is -2.32. The van der Waals surface area contributed by atoms with Gasteiger partial charge in [-0.1, -0.05) is 18.2 Å². The molecule has 1 aliphatic heterocycles. The average molecular weight is 447 g/mol. The van der Waals surface area contributed by atoms with Crippen molar-refractivity contribution >= 4 is 27.5 Å². The highest BCUT2D eigenvalue weighted by molar-refractivity contribution is 9.10. The highest BCUT2D eigenvalue weighted by Crippen LogP contribution is 2.36. The Bertz CT molecular complexity index is 809. The standard InChI is InChI=1S/C22H27BrN2O3/c1-24(22(26)17-13-19(27-2)21(23)20(14-17)28-3)15-16-9-5-6-10-18(16)25-11-7-4-8-12-25/h5-6,9-10,13-14H,4,7-8,11-12,15H2,1-3H3. The summed E-state index contributed by atoms with van der Waals surface area (Å²) in [7, 11) is 4.98. The summed E-state index contributed by atoms with van der Waals surface area (Å²) in [6, 6.07) is 11.8. The van der Waals surface area contributed by atoms with Gasteiger partial charge in [-0.25, -0.2) is 0 Å². The number of benzene rings is 2. The highest BCUT2D eigenvalue weighted by Gasteiger charge is 2.20. The van der Waals surface area contributed by atoms with Crippen molar-refractivity contribution in [2.45, 2.75) is 25.8 Å². The van der Waals surface area contributed by atoms with Crippen molar-refractivity contribution in [3.05, 3.63) is 52.0 Å². The monoisotopic (exact) mass is 446 g/mol. The Balaban J connectivity index is 1.82. The molecule has 0 spiro atoms. The summed E-state index contributed by atoms with van der Waals surface area (Å²) in [6.45, 7) is 2.71. The second kappa shape index (κ2) is 9.32. The molecule has 1 heterocycles. The predicted molar refractivity (Wildman–Crippen MR) is 116 cm³/mol. The number of amides is 1. The van der Waals surface area contributed by atoms with Gasteiger partial charge in [0.15, 0.2) is 0 Å². The molecule has 1 amide bonds. The number of para-hydroxylation sites is 1. The fourth-order valence-electron chi connectivity index (χ4n) is 3.63. The summed E-state index contributed by atoms with van der Waals surface area (Å²) >= 11 is 3.45. The van der Waals surface area contributed by atoms with Crippen LogP contribution in [0.1, 0.15) is 35.2 Å². The molecule has 0 radical (unpaired) electrons. The van der Waals surface area contributed by atoms with Crippen LogP contribution in [0.25, 0.3) is 0 Å². The van der Waals surface area contributed by atoms with Crippen LogP contribution in [0.5, 0.6) is 11.5 Å². The fourth-order valence-corrected chi connectivity index (χ4v) is 4.18. The van der Waals surface area contributed by atoms with Gasteiger partial charge in [-0.05, 0) is 59.0 Å². The molecule has 1 saturated heterocycles. The Morgan fingerprint density at radius 3 is 2.29 bits per heavy atom. The van der Waals surface area contributed by atoms with Crippen molar-refractivity contribution in [3.63, 3.8) is 0 Å². The second-order valence-electron chi connectivity index (χ2n) is 7.03. The van der Waals surface area contributed by atoms with Crippen LogP contribution in [-0.4, -0.2) is 45.2 Å². The Morgan fingerprint density at radius 2 is 1.68 bits per heavy atom. The number of carbonyl (C=O) groups excluding carboxylic acids is 1. The lowest BCUT2D eigenvalue weighted by Gasteiger charge is -2.31. The Labute approximate surface area is 175 Å². The minimum absolute atomic E-state index is 0.0717. The number of hydrogen-bond donors (Lipinski definition) is 0. The molecule has 2 aromatic carbocycles. The lowest BCUT2D eigenvalue weighted by atomic mass is 10.1. The molecule has 0 N–H and O–H groups in total. The highest BCUT2D eigenvalue weighted by atomic mass is 79.9. The SMILES string of the molecule is COc1cc(C(=O)N(C)Cc2ccccc2N2CCCCC2)cc(OC)c1Br. The zero-order chi connectivity index (χ0) is 20.1. The van der Waals surface area contributed by atoms with Crippen LogP contribution in [0.15, 0.2) is 40.9 Å². The van der Waals surface area contributed by atoms with Gasteiger partial charge >= 0.3 is 0 Å². The number of nitrogens with zero attached hydrogens (tertiary/aromatic N) is 2. The van der Waals surface area contributed by atoms with E-state index in [1.54, 1.807) is 31.3 Å². The molecule has 0 unspecified atom stereocenters. The molecular weight excluding hydrogens is 420 g/mol. The molecule has 0 bridgehead atoms. The smallest absolute Gasteiger partial charge is 0.254 e. The van der Waals surface area contributed by atoms with Crippen LogP contribution in [0.4, 0.5) is 5.69 Å². The Kier molecular flexibility index (Phi) is 6.83. The van der Waals surface area contributed by atoms with Gasteiger partial charge in [-0.3, -0.25) is 4.79 Å². The molecular formula is C22H27BrN2O3. The molecule has 2 aromatic rings. The number of methoxy groups -OCH3 is 2. The molecule has 1 fully saturated rings. The van der Waals surface area contributed by atoms with Crippen molar-refractivity contribution in [2.75, 3.05) is 39.3 Å². The number of piperidine rings is 1. The van der Waals surface area contributed by atoms with E-state index in [-0.39, 0.29) is 5.91 Å². The number of hydrogen-bond acceptors (Lipinski definition) is 4. The maximum atomic E-state index is 13.1. The van der Waals surface area contributed by atoms with E-state index < -0.39 is 0 Å². The number of anilines is 1. The molecule has 3 rings (SSSR count). The molecule has 5 nitrogen and oxygen atoms in total. The topological polar surface area (TPSA) is 42.0 Å². The van der Waals surface area contributed by atoms with Gasteiger partial charge in [-0.15, -0.1) is 0 Å². The first-order valence-electron chi connectivity index (χ1n) is 9.55. The van der Waals surface area contributed by atoms with E-state index in [2.05, 4.69) is 39.0 Å². The Morgan fingerprint density at radius 1 is 1.07 bits per heavy atom. The molecule has 28 heavy (non-hydrogen) atoms. The summed E-state index contributed by atoms with van der Waals surface area (Å²) in [5.41, 5.74) is 2.93. The summed E-state index contributed by atoms with van der Waals surface area (Å²) in [5, 5.41) is 0. The van der Waals surface area contributed by atoms with Gasteiger partial charge in [-0.2, -0.15) is 0 Å². The molecule has 1 aliphatic rings. The van der Waals surface area contributed by atoms with Crippen molar-refractivity contribution in [3.8, 4) is 11.5 Å². The summed E-state index contributed by atoms with van der Waals surface area (Å²) in [4.78, 5) is 17.2. The van der Waals surface area contributed by atoms with E-state index in [9.17, 15) is 4.79 Å². The molecule has 0 saturated carbocycles. The summed E-state index contributed by atoms with van der Waals surface area (Å²) < 4.78 is 11.4.